The van der Waals surface area contributed by atoms with Gasteiger partial charge in [0.25, 0.3) is 0 Å². The van der Waals surface area contributed by atoms with Crippen molar-refractivity contribution in [2.24, 2.45) is 0 Å². The molecule has 23 heavy (non-hydrogen) atoms. The van der Waals surface area contributed by atoms with Gasteiger partial charge >= 0.3 is 0 Å². The van der Waals surface area contributed by atoms with Gasteiger partial charge in [0.2, 0.25) is 11.9 Å². The van der Waals surface area contributed by atoms with Crippen molar-refractivity contribution in [1.29, 1.82) is 0 Å². The number of carbonyl (C=O) groups excluding carboxylic acids is 1. The Bertz CT molecular complexity index is 778. The van der Waals surface area contributed by atoms with Gasteiger partial charge in [-0.25, -0.2) is 0 Å². The molecule has 1 aliphatic rings. The number of nitrogens with zero attached hydrogens (tertiary/aromatic N) is 2. The first-order valence-corrected chi connectivity index (χ1v) is 6.98. The molecule has 2 aromatic rings. The molecule has 1 aromatic heterocycles. The summed E-state index contributed by atoms with van der Waals surface area (Å²) >= 11 is 0. The predicted octanol–water partition coefficient (Wildman–Crippen LogP) is 1.13. The number of fused-ring (bicyclic) bond motifs is 1. The van der Waals surface area contributed by atoms with E-state index in [0.29, 0.717) is 22.9 Å². The van der Waals surface area contributed by atoms with Crippen LogP contribution in [-0.4, -0.2) is 30.1 Å². The summed E-state index contributed by atoms with van der Waals surface area (Å²) in [5, 5.41) is 2.69. The normalized spacial score (nSPS) is 16.4. The molecule has 5 N–H and O–H groups in total. The van der Waals surface area contributed by atoms with Crippen LogP contribution < -0.4 is 26.3 Å². The highest BCUT2D eigenvalue weighted by Crippen LogP contribution is 2.45. The first-order valence-electron chi connectivity index (χ1n) is 6.98. The molecule has 0 radical (unpaired) electrons. The summed E-state index contributed by atoms with van der Waals surface area (Å²) in [4.78, 5) is 20.1. The number of para-hydroxylation sites is 1. The van der Waals surface area contributed by atoms with Gasteiger partial charge in [-0.2, -0.15) is 9.97 Å². The average Bonchev–Trinajstić information content (AvgIpc) is 2.52. The molecule has 0 unspecified atom stereocenters. The van der Waals surface area contributed by atoms with Crippen LogP contribution in [0.15, 0.2) is 18.2 Å². The van der Waals surface area contributed by atoms with Crippen LogP contribution in [0.1, 0.15) is 23.5 Å². The van der Waals surface area contributed by atoms with Gasteiger partial charge in [0.1, 0.15) is 11.6 Å². The van der Waals surface area contributed by atoms with Gasteiger partial charge in [-0.1, -0.05) is 12.1 Å². The maximum Gasteiger partial charge on any atom is 0.226 e. The van der Waals surface area contributed by atoms with Crippen LogP contribution in [0.5, 0.6) is 11.5 Å². The van der Waals surface area contributed by atoms with Crippen LogP contribution in [0, 0.1) is 0 Å². The van der Waals surface area contributed by atoms with Gasteiger partial charge in [0, 0.05) is 23.5 Å². The van der Waals surface area contributed by atoms with E-state index in [4.69, 9.17) is 20.9 Å². The first kappa shape index (κ1) is 14.9. The van der Waals surface area contributed by atoms with Crippen molar-refractivity contribution in [2.45, 2.75) is 12.3 Å². The summed E-state index contributed by atoms with van der Waals surface area (Å²) in [5.74, 6) is 1.20. The van der Waals surface area contributed by atoms with Crippen molar-refractivity contribution < 1.29 is 14.3 Å². The van der Waals surface area contributed by atoms with Gasteiger partial charge in [0.05, 0.1) is 14.2 Å². The summed E-state index contributed by atoms with van der Waals surface area (Å²) in [7, 11) is 3.11. The molecule has 0 spiro atoms. The van der Waals surface area contributed by atoms with Gasteiger partial charge in [0.15, 0.2) is 11.5 Å². The quantitative estimate of drug-likeness (QED) is 0.775. The Kier molecular flexibility index (Phi) is 3.65. The minimum Gasteiger partial charge on any atom is -0.493 e. The molecule has 8 heteroatoms. The van der Waals surface area contributed by atoms with Crippen LogP contribution in [-0.2, 0) is 4.79 Å². The summed E-state index contributed by atoms with van der Waals surface area (Å²) < 4.78 is 10.8. The third-order valence-corrected chi connectivity index (χ3v) is 3.80. The first-order chi connectivity index (χ1) is 11.0. The number of aromatic nitrogens is 2. The molecule has 2 heterocycles. The second kappa shape index (κ2) is 5.64. The number of nitrogens with two attached hydrogens (primary N) is 2. The molecule has 3 rings (SSSR count). The molecular weight excluding hydrogens is 298 g/mol. The minimum absolute atomic E-state index is 0.0137. The highest BCUT2D eigenvalue weighted by atomic mass is 16.5. The van der Waals surface area contributed by atoms with Crippen LogP contribution >= 0.6 is 0 Å². The molecule has 8 nitrogen and oxygen atoms in total. The zero-order chi connectivity index (χ0) is 16.6. The molecule has 0 bridgehead atoms. The number of nitrogen functional groups attached to an aromatic ring is 2. The Labute approximate surface area is 132 Å². The molecule has 1 atom stereocenters. The molecule has 1 amide bonds. The number of benzene rings is 1. The molecule has 0 saturated carbocycles. The van der Waals surface area contributed by atoms with Crippen LogP contribution in [0.3, 0.4) is 0 Å². The Morgan fingerprint density at radius 1 is 1.22 bits per heavy atom. The number of rotatable bonds is 3. The van der Waals surface area contributed by atoms with E-state index in [1.165, 1.54) is 0 Å². The van der Waals surface area contributed by atoms with Gasteiger partial charge in [-0.3, -0.25) is 4.79 Å². The smallest absolute Gasteiger partial charge is 0.226 e. The zero-order valence-electron chi connectivity index (χ0n) is 12.8. The van der Waals surface area contributed by atoms with E-state index in [2.05, 4.69) is 15.3 Å². The SMILES string of the molecule is COc1cccc([C@H]2CC(=O)Nc3nc(N)nc(N)c32)c1OC. The predicted molar refractivity (Wildman–Crippen MR) is 85.5 cm³/mol. The minimum atomic E-state index is -0.343. The average molecular weight is 315 g/mol. The maximum atomic E-state index is 12.1. The van der Waals surface area contributed by atoms with Crippen molar-refractivity contribution in [3.8, 4) is 11.5 Å². The molecule has 120 valence electrons. The number of hydrogen-bond donors (Lipinski definition) is 3. The second-order valence-electron chi connectivity index (χ2n) is 5.12. The Morgan fingerprint density at radius 2 is 2.00 bits per heavy atom. The van der Waals surface area contributed by atoms with Crippen LogP contribution in [0.25, 0.3) is 0 Å². The molecule has 0 fully saturated rings. The standard InChI is InChI=1S/C15H17N5O3/c1-22-9-5-3-4-7(12(9)23-2)8-6-10(21)18-14-11(8)13(16)19-15(17)20-14/h3-5,8H,6H2,1-2H3,(H5,16,17,18,19,20,21)/t8-/m1/s1. The zero-order valence-corrected chi connectivity index (χ0v) is 12.8. The number of methoxy groups -OCH3 is 2. The lowest BCUT2D eigenvalue weighted by Crippen LogP contribution is -2.26. The van der Waals surface area contributed by atoms with Crippen molar-refractivity contribution in [1.82, 2.24) is 9.97 Å². The van der Waals surface area contributed by atoms with E-state index in [0.717, 1.165) is 5.56 Å². The van der Waals surface area contributed by atoms with Gasteiger partial charge in [-0.05, 0) is 6.07 Å². The highest BCUT2D eigenvalue weighted by Gasteiger charge is 2.33. The Hall–Kier alpha value is -3.03. The van der Waals surface area contributed by atoms with Crippen molar-refractivity contribution in [2.75, 3.05) is 31.0 Å². The van der Waals surface area contributed by atoms with E-state index in [1.54, 1.807) is 20.3 Å². The summed E-state index contributed by atoms with van der Waals surface area (Å²) in [6, 6.07) is 5.48. The maximum absolute atomic E-state index is 12.1. The van der Waals surface area contributed by atoms with E-state index < -0.39 is 0 Å². The third kappa shape index (κ3) is 2.48. The van der Waals surface area contributed by atoms with E-state index in [1.807, 2.05) is 12.1 Å². The lowest BCUT2D eigenvalue weighted by molar-refractivity contribution is -0.116. The Morgan fingerprint density at radius 3 is 2.70 bits per heavy atom. The summed E-state index contributed by atoms with van der Waals surface area (Å²) in [5.41, 5.74) is 13.0. The van der Waals surface area contributed by atoms with Crippen molar-refractivity contribution >= 4 is 23.5 Å². The van der Waals surface area contributed by atoms with Crippen molar-refractivity contribution in [3.63, 3.8) is 0 Å². The van der Waals surface area contributed by atoms with Gasteiger partial charge < -0.3 is 26.3 Å². The molecule has 0 saturated heterocycles. The van der Waals surface area contributed by atoms with Crippen LogP contribution in [0.4, 0.5) is 17.6 Å². The third-order valence-electron chi connectivity index (χ3n) is 3.80. The highest BCUT2D eigenvalue weighted by molar-refractivity contribution is 5.95. The fourth-order valence-corrected chi connectivity index (χ4v) is 2.87. The summed E-state index contributed by atoms with van der Waals surface area (Å²) in [6.45, 7) is 0. The molecule has 0 aliphatic carbocycles. The number of hydrogen-bond acceptors (Lipinski definition) is 7. The topological polar surface area (TPSA) is 125 Å². The fourth-order valence-electron chi connectivity index (χ4n) is 2.87. The molecule has 1 aliphatic heterocycles. The van der Waals surface area contributed by atoms with E-state index in [9.17, 15) is 4.79 Å². The van der Waals surface area contributed by atoms with E-state index >= 15 is 0 Å². The van der Waals surface area contributed by atoms with Crippen LogP contribution in [0.2, 0.25) is 0 Å². The largest absolute Gasteiger partial charge is 0.493 e. The second-order valence-corrected chi connectivity index (χ2v) is 5.12. The molecular formula is C15H17N5O3. The lowest BCUT2D eigenvalue weighted by atomic mass is 9.85. The van der Waals surface area contributed by atoms with Crippen molar-refractivity contribution in [3.05, 3.63) is 29.3 Å². The number of ether oxygens (including phenoxy) is 2. The molecule has 1 aromatic carbocycles. The number of amides is 1. The number of anilines is 3. The lowest BCUT2D eigenvalue weighted by Gasteiger charge is -2.27. The van der Waals surface area contributed by atoms with E-state index in [-0.39, 0.29) is 30.0 Å². The summed E-state index contributed by atoms with van der Waals surface area (Å²) in [6.07, 6.45) is 0.202. The monoisotopic (exact) mass is 315 g/mol. The number of nitrogens with one attached hydrogen (secondary N) is 1. The number of carbonyl (C=O) groups is 1. The fraction of sp³-hybridized carbons (Fsp3) is 0.267. The Balaban J connectivity index is 2.21. The van der Waals surface area contributed by atoms with Gasteiger partial charge in [-0.15, -0.1) is 0 Å².